The van der Waals surface area contributed by atoms with E-state index in [0.29, 0.717) is 24.2 Å². The van der Waals surface area contributed by atoms with Crippen molar-refractivity contribution in [1.29, 1.82) is 0 Å². The lowest BCUT2D eigenvalue weighted by Gasteiger charge is -2.31. The average Bonchev–Trinajstić information content (AvgIpc) is 3.53. The smallest absolute Gasteiger partial charge is 0.238 e. The lowest BCUT2D eigenvalue weighted by atomic mass is 9.97. The van der Waals surface area contributed by atoms with E-state index in [4.69, 9.17) is 19.2 Å². The van der Waals surface area contributed by atoms with Crippen LogP contribution in [0.1, 0.15) is 24.2 Å². The summed E-state index contributed by atoms with van der Waals surface area (Å²) in [5.74, 6) is 2.08. The minimum absolute atomic E-state index is 0.0184. The van der Waals surface area contributed by atoms with Gasteiger partial charge < -0.3 is 24.9 Å². The molecular formula is C34H35N7O3. The van der Waals surface area contributed by atoms with E-state index in [1.54, 1.807) is 7.11 Å². The number of methoxy groups -OCH3 is 1. The molecule has 0 saturated carbocycles. The molecule has 0 radical (unpaired) electrons. The number of hydrogen-bond acceptors (Lipinski definition) is 8. The molecule has 1 aliphatic rings. The number of nitrogens with one attached hydrogen (secondary N) is 3. The summed E-state index contributed by atoms with van der Waals surface area (Å²) in [5.41, 5.74) is 6.82. The van der Waals surface area contributed by atoms with Gasteiger partial charge in [0, 0.05) is 58.8 Å². The van der Waals surface area contributed by atoms with Crippen LogP contribution in [0.2, 0.25) is 0 Å². The number of carbonyl (C=O) groups is 1. The van der Waals surface area contributed by atoms with Crippen molar-refractivity contribution >= 4 is 44.3 Å². The van der Waals surface area contributed by atoms with Gasteiger partial charge in [-0.25, -0.2) is 9.97 Å². The van der Waals surface area contributed by atoms with Gasteiger partial charge in [-0.3, -0.25) is 9.69 Å². The second kappa shape index (κ2) is 11.0. The molecule has 3 N–H and O–H groups in total. The summed E-state index contributed by atoms with van der Waals surface area (Å²) in [5, 5.41) is 14.6. The van der Waals surface area contributed by atoms with E-state index < -0.39 is 0 Å². The van der Waals surface area contributed by atoms with Gasteiger partial charge >= 0.3 is 0 Å². The summed E-state index contributed by atoms with van der Waals surface area (Å²) in [6.45, 7) is 10.8. The Labute approximate surface area is 254 Å². The minimum Gasteiger partial charge on any atom is -0.496 e. The van der Waals surface area contributed by atoms with Gasteiger partial charge in [-0.1, -0.05) is 35.5 Å². The van der Waals surface area contributed by atoms with Crippen molar-refractivity contribution in [3.8, 4) is 28.1 Å². The number of H-pyrrole nitrogens is 1. The molecule has 0 bridgehead atoms. The van der Waals surface area contributed by atoms with Crippen molar-refractivity contribution in [2.24, 2.45) is 0 Å². The van der Waals surface area contributed by atoms with Gasteiger partial charge in [0.25, 0.3) is 0 Å². The molecule has 4 heterocycles. The first-order valence-electron chi connectivity index (χ1n) is 14.9. The average molecular weight is 590 g/mol. The van der Waals surface area contributed by atoms with Crippen molar-refractivity contribution in [2.75, 3.05) is 38.6 Å². The Bertz CT molecular complexity index is 2040. The second-order valence-electron chi connectivity index (χ2n) is 11.6. The Morgan fingerprint density at radius 1 is 1.07 bits per heavy atom. The predicted molar refractivity (Wildman–Crippen MR) is 173 cm³/mol. The largest absolute Gasteiger partial charge is 0.496 e. The van der Waals surface area contributed by atoms with Crippen LogP contribution < -0.4 is 15.4 Å². The summed E-state index contributed by atoms with van der Waals surface area (Å²) in [7, 11) is 1.67. The molecule has 1 saturated heterocycles. The zero-order valence-corrected chi connectivity index (χ0v) is 25.5. The predicted octanol–water partition coefficient (Wildman–Crippen LogP) is 5.75. The molecule has 7 rings (SSSR count). The third kappa shape index (κ3) is 4.86. The number of amides is 1. The van der Waals surface area contributed by atoms with Gasteiger partial charge in [0.15, 0.2) is 0 Å². The number of hydrogen-bond donors (Lipinski definition) is 3. The molecule has 0 spiro atoms. The van der Waals surface area contributed by atoms with E-state index >= 15 is 0 Å². The minimum atomic E-state index is -0.0184. The fourth-order valence-corrected chi connectivity index (χ4v) is 6.53. The summed E-state index contributed by atoms with van der Waals surface area (Å²) in [4.78, 5) is 28.6. The fraction of sp³-hybridized carbons (Fsp3) is 0.294. The van der Waals surface area contributed by atoms with Crippen LogP contribution in [0, 0.1) is 20.8 Å². The van der Waals surface area contributed by atoms with Gasteiger partial charge in [0.05, 0.1) is 36.0 Å². The Hall–Kier alpha value is -4.80. The molecule has 10 nitrogen and oxygen atoms in total. The number of carbonyl (C=O) groups excluding carboxylic acids is 1. The molecule has 0 aliphatic carbocycles. The highest BCUT2D eigenvalue weighted by atomic mass is 16.5. The molecule has 44 heavy (non-hydrogen) atoms. The van der Waals surface area contributed by atoms with Crippen LogP contribution in [0.4, 0.5) is 5.69 Å². The zero-order chi connectivity index (χ0) is 30.5. The fourth-order valence-electron chi connectivity index (χ4n) is 6.53. The zero-order valence-electron chi connectivity index (χ0n) is 25.5. The van der Waals surface area contributed by atoms with Gasteiger partial charge in [-0.2, -0.15) is 0 Å². The summed E-state index contributed by atoms with van der Waals surface area (Å²) in [6, 6.07) is 16.6. The van der Waals surface area contributed by atoms with Crippen LogP contribution >= 0.6 is 0 Å². The number of nitrogens with zero attached hydrogens (tertiary/aromatic N) is 4. The number of piperazine rings is 1. The summed E-state index contributed by atoms with van der Waals surface area (Å²) >= 11 is 0. The molecule has 1 fully saturated rings. The highest BCUT2D eigenvalue weighted by Crippen LogP contribution is 2.42. The van der Waals surface area contributed by atoms with E-state index in [-0.39, 0.29) is 5.91 Å². The molecule has 3 aromatic carbocycles. The number of aryl methyl sites for hydroxylation is 3. The van der Waals surface area contributed by atoms with Crippen LogP contribution in [-0.4, -0.2) is 70.2 Å². The first-order chi connectivity index (χ1) is 21.3. The van der Waals surface area contributed by atoms with Gasteiger partial charge in [0.1, 0.15) is 23.0 Å². The quantitative estimate of drug-likeness (QED) is 0.225. The van der Waals surface area contributed by atoms with E-state index in [2.05, 4.69) is 44.7 Å². The Kier molecular flexibility index (Phi) is 7.02. The van der Waals surface area contributed by atoms with E-state index in [0.717, 1.165) is 91.9 Å². The Balaban J connectivity index is 1.34. The number of rotatable bonds is 6. The second-order valence-corrected chi connectivity index (χ2v) is 11.6. The summed E-state index contributed by atoms with van der Waals surface area (Å²) in [6.07, 6.45) is 0. The van der Waals surface area contributed by atoms with Crippen molar-refractivity contribution in [3.63, 3.8) is 0 Å². The normalized spacial score (nSPS) is 15.8. The van der Waals surface area contributed by atoms with E-state index in [1.807, 2.05) is 57.2 Å². The van der Waals surface area contributed by atoms with Crippen LogP contribution in [0.5, 0.6) is 5.75 Å². The maximum absolute atomic E-state index is 13.1. The molecule has 1 aliphatic heterocycles. The standard InChI is InChI=1S/C34H35N7O3/c1-18-16-41(13-12-35-18)17-30(42)38-27-11-10-24(22-8-6-7-9-23(22)27)33-32-25-15-29(43-5)26(31-19(2)40-44-20(31)3)14-28(25)39-34(32)37-21(4)36-33/h6-11,14-15,18,35H,12-13,16-17H2,1-5H3,(H,38,42)(H,36,37,39)/t18-/m1/s1. The Morgan fingerprint density at radius 2 is 1.89 bits per heavy atom. The van der Waals surface area contributed by atoms with Crippen molar-refractivity contribution in [1.82, 2.24) is 30.3 Å². The van der Waals surface area contributed by atoms with Gasteiger partial charge in [-0.05, 0) is 51.3 Å². The molecular weight excluding hydrogens is 554 g/mol. The number of fused-ring (bicyclic) bond motifs is 4. The summed E-state index contributed by atoms with van der Waals surface area (Å²) < 4.78 is 11.3. The highest BCUT2D eigenvalue weighted by Gasteiger charge is 2.23. The van der Waals surface area contributed by atoms with Crippen molar-refractivity contribution in [3.05, 3.63) is 65.8 Å². The number of aromatic amines is 1. The van der Waals surface area contributed by atoms with Crippen LogP contribution in [0.15, 0.2) is 53.1 Å². The number of anilines is 1. The Morgan fingerprint density at radius 3 is 2.64 bits per heavy atom. The molecule has 0 unspecified atom stereocenters. The van der Waals surface area contributed by atoms with Crippen molar-refractivity contribution < 1.29 is 14.1 Å². The number of aromatic nitrogens is 4. The third-order valence-corrected chi connectivity index (χ3v) is 8.46. The first-order valence-corrected chi connectivity index (χ1v) is 14.9. The SMILES string of the molecule is COc1cc2c(cc1-c1c(C)noc1C)[nH]c1nc(C)nc(-c3ccc(NC(=O)CN4CCN[C@H](C)C4)c4ccccc34)c12. The third-order valence-electron chi connectivity index (χ3n) is 8.46. The molecule has 224 valence electrons. The highest BCUT2D eigenvalue weighted by molar-refractivity contribution is 6.17. The van der Waals surface area contributed by atoms with Gasteiger partial charge in [0.2, 0.25) is 5.91 Å². The molecule has 10 heteroatoms. The van der Waals surface area contributed by atoms with Crippen LogP contribution in [0.25, 0.3) is 55.1 Å². The molecule has 3 aromatic heterocycles. The lowest BCUT2D eigenvalue weighted by Crippen LogP contribution is -2.51. The maximum atomic E-state index is 13.1. The van der Waals surface area contributed by atoms with Crippen LogP contribution in [0.3, 0.4) is 0 Å². The van der Waals surface area contributed by atoms with Crippen LogP contribution in [-0.2, 0) is 4.79 Å². The first kappa shape index (κ1) is 28.0. The van der Waals surface area contributed by atoms with E-state index in [1.165, 1.54) is 0 Å². The topological polar surface area (TPSA) is 121 Å². The maximum Gasteiger partial charge on any atom is 0.238 e. The molecule has 1 amide bonds. The molecule has 1 atom stereocenters. The molecule has 6 aromatic rings. The van der Waals surface area contributed by atoms with Crippen molar-refractivity contribution in [2.45, 2.75) is 33.7 Å². The monoisotopic (exact) mass is 589 g/mol. The number of ether oxygens (including phenoxy) is 1. The number of benzene rings is 3. The van der Waals surface area contributed by atoms with E-state index in [9.17, 15) is 4.79 Å². The van der Waals surface area contributed by atoms with Gasteiger partial charge in [-0.15, -0.1) is 0 Å². The lowest BCUT2D eigenvalue weighted by molar-refractivity contribution is -0.117.